The lowest BCUT2D eigenvalue weighted by molar-refractivity contribution is -0.367. The van der Waals surface area contributed by atoms with Gasteiger partial charge in [-0.1, -0.05) is 176 Å². The van der Waals surface area contributed by atoms with Crippen LogP contribution in [0.4, 0.5) is 0 Å². The number of carbonyl (C=O) groups is 3. The van der Waals surface area contributed by atoms with Gasteiger partial charge in [0, 0.05) is 7.11 Å². The second-order valence-electron chi connectivity index (χ2n) is 18.1. The number of hydrogen-bond acceptors (Lipinski definition) is 14. The van der Waals surface area contributed by atoms with Gasteiger partial charge in [0.2, 0.25) is 0 Å². The molecule has 392 valence electrons. The zero-order valence-electron chi connectivity index (χ0n) is 41.9. The number of ether oxygens (including phenoxy) is 11. The Bertz CT molecular complexity index is 2830. The summed E-state index contributed by atoms with van der Waals surface area (Å²) in [5.41, 5.74) is 4.27. The average Bonchev–Trinajstić information content (AvgIpc) is 3.48. The highest BCUT2D eigenvalue weighted by Crippen LogP contribution is 2.37. The maximum absolute atomic E-state index is 14.4. The van der Waals surface area contributed by atoms with Crippen molar-refractivity contribution in [2.45, 2.75) is 87.8 Å². The Morgan fingerprint density at radius 3 is 1.20 bits per heavy atom. The van der Waals surface area contributed by atoms with Crippen molar-refractivity contribution in [3.63, 3.8) is 0 Å². The van der Waals surface area contributed by atoms with Crippen molar-refractivity contribution in [2.75, 3.05) is 20.3 Å². The molecule has 10 atom stereocenters. The zero-order valence-corrected chi connectivity index (χ0v) is 41.9. The van der Waals surface area contributed by atoms with E-state index >= 15 is 0 Å². The third kappa shape index (κ3) is 14.5. The minimum atomic E-state index is -1.51. The fraction of sp³-hybridized carbons (Fsp3) is 0.274. The number of carbonyl (C=O) groups excluding carboxylic acids is 3. The van der Waals surface area contributed by atoms with E-state index in [0.717, 1.165) is 22.3 Å². The first-order valence-corrected chi connectivity index (χ1v) is 25.2. The first kappa shape index (κ1) is 53.5. The molecule has 14 nitrogen and oxygen atoms in total. The van der Waals surface area contributed by atoms with E-state index < -0.39 is 85.9 Å². The van der Waals surface area contributed by atoms with E-state index in [1.165, 1.54) is 7.11 Å². The standard InChI is InChI=1S/C62H60O14/c1-66-61-57(75-60(65)49-35-21-8-22-36-49)55(74-59(64)48-33-19-7-20-34-48)53(51(72-61)42-71-58(63)47-31-17-6-18-32-47)76-62-56(70-40-46-29-15-5-16-30-46)54(69-39-45-27-13-4-14-28-45)52(68-38-44-25-11-3-12-26-44)50(73-62)41-67-37-43-23-9-2-10-24-43/h2-36,50-57,61-62H,37-42H2,1H3. The summed E-state index contributed by atoms with van der Waals surface area (Å²) in [7, 11) is 1.36. The van der Waals surface area contributed by atoms with Crippen LogP contribution in [-0.4, -0.2) is 99.6 Å². The van der Waals surface area contributed by atoms with Crippen LogP contribution in [0.25, 0.3) is 0 Å². The van der Waals surface area contributed by atoms with Gasteiger partial charge < -0.3 is 52.1 Å². The second kappa shape index (κ2) is 27.4. The molecule has 0 aliphatic carbocycles. The summed E-state index contributed by atoms with van der Waals surface area (Å²) in [4.78, 5) is 42.2. The van der Waals surface area contributed by atoms with E-state index in [1.807, 2.05) is 121 Å². The van der Waals surface area contributed by atoms with Gasteiger partial charge in [-0.25, -0.2) is 14.4 Å². The lowest BCUT2D eigenvalue weighted by Gasteiger charge is -2.49. The van der Waals surface area contributed by atoms with Gasteiger partial charge >= 0.3 is 17.9 Å². The summed E-state index contributed by atoms with van der Waals surface area (Å²) in [5.74, 6) is -2.19. The van der Waals surface area contributed by atoms with Crippen molar-refractivity contribution in [1.29, 1.82) is 0 Å². The summed E-state index contributed by atoms with van der Waals surface area (Å²) in [6.45, 7) is 0.203. The zero-order chi connectivity index (χ0) is 52.3. The van der Waals surface area contributed by atoms with Gasteiger partial charge in [-0.05, 0) is 58.7 Å². The second-order valence-corrected chi connectivity index (χ2v) is 18.1. The van der Waals surface area contributed by atoms with Crippen molar-refractivity contribution in [3.05, 3.63) is 251 Å². The highest BCUT2D eigenvalue weighted by atomic mass is 16.8. The van der Waals surface area contributed by atoms with Crippen molar-refractivity contribution >= 4 is 17.9 Å². The molecule has 2 aliphatic heterocycles. The third-order valence-electron chi connectivity index (χ3n) is 12.8. The summed E-state index contributed by atoms with van der Waals surface area (Å²) >= 11 is 0. The lowest BCUT2D eigenvalue weighted by Crippen LogP contribution is -2.67. The Hall–Kier alpha value is -7.37. The van der Waals surface area contributed by atoms with Crippen LogP contribution in [-0.2, 0) is 78.5 Å². The fourth-order valence-electron chi connectivity index (χ4n) is 8.98. The highest BCUT2D eigenvalue weighted by Gasteiger charge is 2.56. The Balaban J connectivity index is 1.14. The van der Waals surface area contributed by atoms with Crippen LogP contribution >= 0.6 is 0 Å². The van der Waals surface area contributed by atoms with Crippen LogP contribution < -0.4 is 0 Å². The molecule has 10 unspecified atom stereocenters. The van der Waals surface area contributed by atoms with Crippen molar-refractivity contribution < 1.29 is 66.5 Å². The lowest BCUT2D eigenvalue weighted by atomic mass is 9.95. The Morgan fingerprint density at radius 1 is 0.368 bits per heavy atom. The summed E-state index contributed by atoms with van der Waals surface area (Å²) in [6, 6.07) is 64.0. The van der Waals surface area contributed by atoms with Crippen LogP contribution in [0.2, 0.25) is 0 Å². The molecule has 0 saturated carbocycles. The molecular weight excluding hydrogens is 969 g/mol. The molecule has 14 heteroatoms. The summed E-state index contributed by atoms with van der Waals surface area (Å²) in [5, 5.41) is 0. The largest absolute Gasteiger partial charge is 0.459 e. The van der Waals surface area contributed by atoms with Crippen LogP contribution in [0.5, 0.6) is 0 Å². The molecule has 9 rings (SSSR count). The Morgan fingerprint density at radius 2 is 0.737 bits per heavy atom. The van der Waals surface area contributed by atoms with E-state index in [-0.39, 0.29) is 49.7 Å². The first-order valence-electron chi connectivity index (χ1n) is 25.2. The van der Waals surface area contributed by atoms with Gasteiger partial charge in [0.15, 0.2) is 24.8 Å². The average molecular weight is 1030 g/mol. The molecule has 0 spiro atoms. The van der Waals surface area contributed by atoms with E-state index in [4.69, 9.17) is 52.1 Å². The smallest absolute Gasteiger partial charge is 0.338 e. The third-order valence-corrected chi connectivity index (χ3v) is 12.8. The SMILES string of the molecule is COC1OC(COC(=O)c2ccccc2)C(OC2OC(COCc3ccccc3)C(OCc3ccccc3)C(OCc3ccccc3)C2OCc2ccccc2)C(OC(=O)c2ccccc2)C1OC(=O)c1ccccc1. The first-order chi connectivity index (χ1) is 37.4. The fourth-order valence-corrected chi connectivity index (χ4v) is 8.98. The molecule has 2 heterocycles. The van der Waals surface area contributed by atoms with Gasteiger partial charge in [0.05, 0.1) is 49.7 Å². The molecule has 0 radical (unpaired) electrons. The topological polar surface area (TPSA) is 153 Å². The maximum Gasteiger partial charge on any atom is 0.338 e. The minimum absolute atomic E-state index is 0.000416. The normalized spacial score (nSPS) is 23.2. The van der Waals surface area contributed by atoms with E-state index in [2.05, 4.69) is 0 Å². The van der Waals surface area contributed by atoms with Crippen LogP contribution in [0.1, 0.15) is 53.3 Å². The van der Waals surface area contributed by atoms with Crippen LogP contribution in [0.15, 0.2) is 212 Å². The summed E-state index contributed by atoms with van der Waals surface area (Å²) in [6.07, 6.45) is -12.2. The Labute approximate surface area is 442 Å². The van der Waals surface area contributed by atoms with Gasteiger partial charge in [0.1, 0.15) is 43.2 Å². The van der Waals surface area contributed by atoms with E-state index in [0.29, 0.717) is 0 Å². The van der Waals surface area contributed by atoms with Gasteiger partial charge in [-0.2, -0.15) is 0 Å². The van der Waals surface area contributed by atoms with Crippen LogP contribution in [0, 0.1) is 0 Å². The predicted molar refractivity (Wildman–Crippen MR) is 278 cm³/mol. The molecule has 0 amide bonds. The summed E-state index contributed by atoms with van der Waals surface area (Å²) < 4.78 is 72.9. The van der Waals surface area contributed by atoms with Gasteiger partial charge in [0.25, 0.3) is 0 Å². The molecule has 76 heavy (non-hydrogen) atoms. The van der Waals surface area contributed by atoms with E-state index in [1.54, 1.807) is 91.0 Å². The number of hydrogen-bond donors (Lipinski definition) is 0. The van der Waals surface area contributed by atoms with Gasteiger partial charge in [-0.3, -0.25) is 0 Å². The quantitative estimate of drug-likeness (QED) is 0.0441. The molecule has 2 fully saturated rings. The number of benzene rings is 7. The molecule has 7 aromatic rings. The predicted octanol–water partition coefficient (Wildman–Crippen LogP) is 9.75. The van der Waals surface area contributed by atoms with E-state index in [9.17, 15) is 14.4 Å². The minimum Gasteiger partial charge on any atom is -0.459 e. The molecule has 7 aromatic carbocycles. The highest BCUT2D eigenvalue weighted by molar-refractivity contribution is 5.90. The molecule has 0 N–H and O–H groups in total. The molecular formula is C62H60O14. The molecule has 0 bridgehead atoms. The van der Waals surface area contributed by atoms with Crippen molar-refractivity contribution in [3.8, 4) is 0 Å². The molecule has 2 aliphatic rings. The Kier molecular flexibility index (Phi) is 19.3. The number of rotatable bonds is 23. The number of esters is 3. The van der Waals surface area contributed by atoms with Crippen LogP contribution in [0.3, 0.4) is 0 Å². The van der Waals surface area contributed by atoms with Crippen molar-refractivity contribution in [1.82, 2.24) is 0 Å². The monoisotopic (exact) mass is 1030 g/mol. The van der Waals surface area contributed by atoms with Crippen molar-refractivity contribution in [2.24, 2.45) is 0 Å². The number of methoxy groups -OCH3 is 1. The van der Waals surface area contributed by atoms with Gasteiger partial charge in [-0.15, -0.1) is 0 Å². The molecule has 2 saturated heterocycles. The maximum atomic E-state index is 14.4. The molecule has 0 aromatic heterocycles.